The van der Waals surface area contributed by atoms with Gasteiger partial charge in [0.15, 0.2) is 0 Å². The van der Waals surface area contributed by atoms with Crippen LogP contribution in [0, 0.1) is 6.92 Å². The minimum Gasteiger partial charge on any atom is -0.284 e. The second-order valence-electron chi connectivity index (χ2n) is 5.27. The van der Waals surface area contributed by atoms with Gasteiger partial charge in [0.2, 0.25) is 0 Å². The van der Waals surface area contributed by atoms with E-state index in [1.165, 1.54) is 27.7 Å². The molecule has 2 heterocycles. The maximum atomic E-state index is 2.29. The molecule has 0 bridgehead atoms. The summed E-state index contributed by atoms with van der Waals surface area (Å²) >= 11 is 0. The van der Waals surface area contributed by atoms with E-state index in [1.807, 2.05) is 0 Å². The third kappa shape index (κ3) is 1.65. The molecule has 4 rings (SSSR count). The van der Waals surface area contributed by atoms with Crippen molar-refractivity contribution >= 4 is 17.0 Å². The largest absolute Gasteiger partial charge is 0.284 e. The number of para-hydroxylation sites is 1. The molecule has 1 aromatic heterocycles. The molecule has 0 saturated heterocycles. The van der Waals surface area contributed by atoms with E-state index in [2.05, 4.69) is 83.5 Å². The van der Waals surface area contributed by atoms with Crippen LogP contribution in [0.25, 0.3) is 17.0 Å². The number of hydrogen-bond donors (Lipinski definition) is 0. The normalized spacial score (nSPS) is 13.8. The van der Waals surface area contributed by atoms with Gasteiger partial charge < -0.3 is 0 Å². The Labute approximate surface area is 118 Å². The van der Waals surface area contributed by atoms with E-state index in [0.29, 0.717) is 0 Å². The molecule has 98 valence electrons. The summed E-state index contributed by atoms with van der Waals surface area (Å²) in [6, 6.07) is 19.3. The molecule has 2 aromatic carbocycles. The molecule has 3 aromatic rings. The second-order valence-corrected chi connectivity index (χ2v) is 5.27. The third-order valence-corrected chi connectivity index (χ3v) is 3.93. The molecule has 2 nitrogen and oxygen atoms in total. The maximum absolute atomic E-state index is 2.29. The van der Waals surface area contributed by atoms with Crippen molar-refractivity contribution in [3.8, 4) is 0 Å². The quantitative estimate of drug-likeness (QED) is 0.640. The Morgan fingerprint density at radius 3 is 2.70 bits per heavy atom. The number of hydrogen-bond acceptors (Lipinski definition) is 1. The maximum Gasteiger partial charge on any atom is 0.0701 e. The lowest BCUT2D eigenvalue weighted by Crippen LogP contribution is -2.31. The summed E-state index contributed by atoms with van der Waals surface area (Å²) in [7, 11) is 0. The van der Waals surface area contributed by atoms with E-state index in [0.717, 1.165) is 6.54 Å². The summed E-state index contributed by atoms with van der Waals surface area (Å²) in [5, 5.41) is 3.57. The van der Waals surface area contributed by atoms with Gasteiger partial charge in [0.25, 0.3) is 0 Å². The van der Waals surface area contributed by atoms with Crippen LogP contribution >= 0.6 is 0 Å². The molecule has 0 radical (unpaired) electrons. The van der Waals surface area contributed by atoms with E-state index >= 15 is 0 Å². The molecule has 0 spiro atoms. The van der Waals surface area contributed by atoms with Gasteiger partial charge in [0.05, 0.1) is 12.1 Å². The van der Waals surface area contributed by atoms with E-state index in [-0.39, 0.29) is 0 Å². The average molecular weight is 260 g/mol. The summed E-state index contributed by atoms with van der Waals surface area (Å²) in [5.74, 6) is 0. The zero-order valence-electron chi connectivity index (χ0n) is 11.5. The minimum absolute atomic E-state index is 0.909. The van der Waals surface area contributed by atoms with Gasteiger partial charge in [-0.15, -0.1) is 0 Å². The first-order chi connectivity index (χ1) is 9.83. The molecule has 1 aliphatic rings. The number of benzene rings is 2. The van der Waals surface area contributed by atoms with Crippen LogP contribution in [0.1, 0.15) is 16.8 Å². The zero-order valence-corrected chi connectivity index (χ0v) is 11.5. The molecule has 1 aliphatic heterocycles. The topological polar surface area (TPSA) is 8.17 Å². The Kier molecular flexibility index (Phi) is 2.43. The standard InChI is InChI=1S/C18H16N2/c1-14-12-16-7-4-5-9-18(16)20(14)19-11-10-15-6-2-3-8-17(15)13-19/h2-12H,13H2,1H3. The van der Waals surface area contributed by atoms with Crippen molar-refractivity contribution in [2.24, 2.45) is 0 Å². The minimum atomic E-state index is 0.909. The highest BCUT2D eigenvalue weighted by atomic mass is 15.5. The third-order valence-electron chi connectivity index (χ3n) is 3.93. The van der Waals surface area contributed by atoms with E-state index in [4.69, 9.17) is 0 Å². The van der Waals surface area contributed by atoms with Gasteiger partial charge in [-0.05, 0) is 36.3 Å². The summed E-state index contributed by atoms with van der Waals surface area (Å²) in [5.41, 5.74) is 5.20. The number of fused-ring (bicyclic) bond motifs is 2. The van der Waals surface area contributed by atoms with Gasteiger partial charge in [0, 0.05) is 17.3 Å². The van der Waals surface area contributed by atoms with Gasteiger partial charge >= 0.3 is 0 Å². The number of rotatable bonds is 1. The fourth-order valence-corrected chi connectivity index (χ4v) is 2.99. The predicted octanol–water partition coefficient (Wildman–Crippen LogP) is 4.07. The molecular formula is C18H16N2. The first kappa shape index (κ1) is 11.4. The summed E-state index contributed by atoms with van der Waals surface area (Å²) in [6.07, 6.45) is 4.36. The van der Waals surface area contributed by atoms with Crippen molar-refractivity contribution in [1.29, 1.82) is 0 Å². The number of nitrogens with zero attached hydrogens (tertiary/aromatic N) is 2. The molecule has 0 atom stereocenters. The lowest BCUT2D eigenvalue weighted by molar-refractivity contribution is 0.683. The highest BCUT2D eigenvalue weighted by Crippen LogP contribution is 2.24. The van der Waals surface area contributed by atoms with E-state index in [1.54, 1.807) is 0 Å². The first-order valence-electron chi connectivity index (χ1n) is 6.93. The molecule has 20 heavy (non-hydrogen) atoms. The van der Waals surface area contributed by atoms with Crippen molar-refractivity contribution in [1.82, 2.24) is 4.68 Å². The van der Waals surface area contributed by atoms with Crippen molar-refractivity contribution in [3.63, 3.8) is 0 Å². The van der Waals surface area contributed by atoms with E-state index in [9.17, 15) is 0 Å². The molecule has 0 N–H and O–H groups in total. The van der Waals surface area contributed by atoms with Gasteiger partial charge in [-0.1, -0.05) is 42.5 Å². The average Bonchev–Trinajstić information content (AvgIpc) is 2.82. The first-order valence-corrected chi connectivity index (χ1v) is 6.93. The smallest absolute Gasteiger partial charge is 0.0701 e. The van der Waals surface area contributed by atoms with Gasteiger partial charge in [-0.25, -0.2) is 0 Å². The molecule has 0 amide bonds. The van der Waals surface area contributed by atoms with Crippen LogP contribution in [0.15, 0.2) is 60.8 Å². The van der Waals surface area contributed by atoms with Crippen LogP contribution in [0.3, 0.4) is 0 Å². The molecule has 0 aliphatic carbocycles. The molecular weight excluding hydrogens is 244 g/mol. The second kappa shape index (κ2) is 4.27. The van der Waals surface area contributed by atoms with Crippen molar-refractivity contribution in [3.05, 3.63) is 77.6 Å². The molecule has 0 saturated carbocycles. The Hall–Kier alpha value is -2.48. The van der Waals surface area contributed by atoms with Crippen LogP contribution in [-0.4, -0.2) is 4.68 Å². The van der Waals surface area contributed by atoms with Crippen molar-refractivity contribution in [2.75, 3.05) is 5.01 Å². The van der Waals surface area contributed by atoms with Gasteiger partial charge in [0.1, 0.15) is 0 Å². The van der Waals surface area contributed by atoms with Crippen LogP contribution in [-0.2, 0) is 6.54 Å². The van der Waals surface area contributed by atoms with Crippen LogP contribution < -0.4 is 5.01 Å². The Morgan fingerprint density at radius 2 is 1.75 bits per heavy atom. The number of aromatic nitrogens is 1. The Morgan fingerprint density at radius 1 is 0.950 bits per heavy atom. The monoisotopic (exact) mass is 260 g/mol. The highest BCUT2D eigenvalue weighted by molar-refractivity contribution is 5.82. The lowest BCUT2D eigenvalue weighted by Gasteiger charge is -2.28. The highest BCUT2D eigenvalue weighted by Gasteiger charge is 2.14. The predicted molar refractivity (Wildman–Crippen MR) is 84.1 cm³/mol. The van der Waals surface area contributed by atoms with Crippen LogP contribution in [0.4, 0.5) is 0 Å². The fourth-order valence-electron chi connectivity index (χ4n) is 2.99. The lowest BCUT2D eigenvalue weighted by atomic mass is 10.1. The summed E-state index contributed by atoms with van der Waals surface area (Å²) in [4.78, 5) is 0. The zero-order chi connectivity index (χ0) is 13.5. The fraction of sp³-hybridized carbons (Fsp3) is 0.111. The van der Waals surface area contributed by atoms with Crippen molar-refractivity contribution in [2.45, 2.75) is 13.5 Å². The SMILES string of the molecule is Cc1cc2ccccc2n1N1C=Cc2ccccc2C1. The summed E-state index contributed by atoms with van der Waals surface area (Å²) in [6.45, 7) is 3.07. The number of aryl methyl sites for hydroxylation is 1. The van der Waals surface area contributed by atoms with Crippen LogP contribution in [0.5, 0.6) is 0 Å². The van der Waals surface area contributed by atoms with E-state index < -0.39 is 0 Å². The Balaban J connectivity index is 1.84. The van der Waals surface area contributed by atoms with Gasteiger partial charge in [-0.3, -0.25) is 9.69 Å². The molecule has 0 unspecified atom stereocenters. The summed E-state index contributed by atoms with van der Waals surface area (Å²) < 4.78 is 2.29. The Bertz CT molecular complexity index is 811. The molecule has 0 fully saturated rings. The van der Waals surface area contributed by atoms with Crippen molar-refractivity contribution < 1.29 is 0 Å². The van der Waals surface area contributed by atoms with Crippen LogP contribution in [0.2, 0.25) is 0 Å². The molecule has 2 heteroatoms. The van der Waals surface area contributed by atoms with Gasteiger partial charge in [-0.2, -0.15) is 0 Å².